The number of morpholine rings is 1. The third-order valence-electron chi connectivity index (χ3n) is 3.48. The standard InChI is InChI=1S/C15H24N4O2/c1-2-3-13-10-12(11-14(16)18-13)15(20)17-4-5-19-6-8-21-9-7-19/h10-11H,2-9H2,1H3,(H2,16,18)(H,17,20). The van der Waals surface area contributed by atoms with E-state index in [9.17, 15) is 4.79 Å². The van der Waals surface area contributed by atoms with Crippen molar-refractivity contribution in [2.24, 2.45) is 0 Å². The molecule has 1 aliphatic heterocycles. The molecular weight excluding hydrogens is 268 g/mol. The topological polar surface area (TPSA) is 80.5 Å². The molecule has 6 nitrogen and oxygen atoms in total. The summed E-state index contributed by atoms with van der Waals surface area (Å²) in [5.41, 5.74) is 7.22. The zero-order chi connectivity index (χ0) is 15.1. The minimum Gasteiger partial charge on any atom is -0.384 e. The Morgan fingerprint density at radius 1 is 1.43 bits per heavy atom. The van der Waals surface area contributed by atoms with E-state index in [2.05, 4.69) is 22.1 Å². The van der Waals surface area contributed by atoms with Crippen LogP contribution < -0.4 is 11.1 Å². The molecule has 2 heterocycles. The van der Waals surface area contributed by atoms with Gasteiger partial charge in [-0.25, -0.2) is 4.98 Å². The van der Waals surface area contributed by atoms with Crippen LogP contribution in [0.15, 0.2) is 12.1 Å². The molecule has 21 heavy (non-hydrogen) atoms. The van der Waals surface area contributed by atoms with E-state index in [0.717, 1.165) is 51.4 Å². The fourth-order valence-corrected chi connectivity index (χ4v) is 2.38. The molecule has 0 unspecified atom stereocenters. The van der Waals surface area contributed by atoms with Crippen molar-refractivity contribution in [2.75, 3.05) is 45.1 Å². The summed E-state index contributed by atoms with van der Waals surface area (Å²) in [6.45, 7) is 6.95. The highest BCUT2D eigenvalue weighted by atomic mass is 16.5. The van der Waals surface area contributed by atoms with Crippen LogP contribution in [0.25, 0.3) is 0 Å². The van der Waals surface area contributed by atoms with Crippen LogP contribution in [0, 0.1) is 0 Å². The number of pyridine rings is 1. The maximum atomic E-state index is 12.2. The lowest BCUT2D eigenvalue weighted by Crippen LogP contribution is -2.41. The predicted molar refractivity (Wildman–Crippen MR) is 82.2 cm³/mol. The van der Waals surface area contributed by atoms with Gasteiger partial charge in [0.15, 0.2) is 0 Å². The first kappa shape index (κ1) is 15.7. The number of hydrogen-bond acceptors (Lipinski definition) is 5. The number of aryl methyl sites for hydroxylation is 1. The number of ether oxygens (including phenoxy) is 1. The first-order chi connectivity index (χ1) is 10.2. The highest BCUT2D eigenvalue weighted by molar-refractivity contribution is 5.94. The van der Waals surface area contributed by atoms with Crippen molar-refractivity contribution in [1.29, 1.82) is 0 Å². The van der Waals surface area contributed by atoms with Crippen molar-refractivity contribution < 1.29 is 9.53 Å². The maximum Gasteiger partial charge on any atom is 0.251 e. The third-order valence-corrected chi connectivity index (χ3v) is 3.48. The molecule has 2 rings (SSSR count). The molecule has 0 aliphatic carbocycles. The van der Waals surface area contributed by atoms with E-state index < -0.39 is 0 Å². The Kier molecular flexibility index (Phi) is 5.95. The van der Waals surface area contributed by atoms with Crippen LogP contribution >= 0.6 is 0 Å². The Morgan fingerprint density at radius 2 is 2.19 bits per heavy atom. The van der Waals surface area contributed by atoms with Crippen LogP contribution in [-0.2, 0) is 11.2 Å². The number of nitrogens with two attached hydrogens (primary N) is 1. The van der Waals surface area contributed by atoms with Crippen LogP contribution in [0.4, 0.5) is 5.82 Å². The highest BCUT2D eigenvalue weighted by Crippen LogP contribution is 2.09. The van der Waals surface area contributed by atoms with Gasteiger partial charge in [-0.1, -0.05) is 13.3 Å². The Morgan fingerprint density at radius 3 is 2.90 bits per heavy atom. The lowest BCUT2D eigenvalue weighted by molar-refractivity contribution is 0.0383. The Bertz CT molecular complexity index is 473. The van der Waals surface area contributed by atoms with Gasteiger partial charge in [0.25, 0.3) is 5.91 Å². The lowest BCUT2D eigenvalue weighted by atomic mass is 10.1. The predicted octanol–water partition coefficient (Wildman–Crippen LogP) is 0.678. The second kappa shape index (κ2) is 7.95. The van der Waals surface area contributed by atoms with Gasteiger partial charge in [-0.3, -0.25) is 9.69 Å². The van der Waals surface area contributed by atoms with E-state index in [0.29, 0.717) is 17.9 Å². The average Bonchev–Trinajstić information content (AvgIpc) is 2.48. The molecule has 0 spiro atoms. The number of hydrogen-bond donors (Lipinski definition) is 2. The summed E-state index contributed by atoms with van der Waals surface area (Å²) in [6.07, 6.45) is 1.81. The normalized spacial score (nSPS) is 15.9. The third kappa shape index (κ3) is 4.99. The zero-order valence-corrected chi connectivity index (χ0v) is 12.6. The SMILES string of the molecule is CCCc1cc(C(=O)NCCN2CCOCC2)cc(N)n1. The van der Waals surface area contributed by atoms with Crippen LogP contribution in [0.3, 0.4) is 0 Å². The van der Waals surface area contributed by atoms with Crippen LogP contribution in [0.5, 0.6) is 0 Å². The molecule has 1 aliphatic rings. The molecule has 0 atom stereocenters. The molecule has 0 bridgehead atoms. The first-order valence-corrected chi connectivity index (χ1v) is 7.53. The monoisotopic (exact) mass is 292 g/mol. The van der Waals surface area contributed by atoms with Crippen LogP contribution in [-0.4, -0.2) is 55.2 Å². The summed E-state index contributed by atoms with van der Waals surface area (Å²) in [5, 5.41) is 2.94. The van der Waals surface area contributed by atoms with E-state index in [1.807, 2.05) is 6.07 Å². The fraction of sp³-hybridized carbons (Fsp3) is 0.600. The van der Waals surface area contributed by atoms with Crippen LogP contribution in [0.2, 0.25) is 0 Å². The van der Waals surface area contributed by atoms with Crippen molar-refractivity contribution in [3.05, 3.63) is 23.4 Å². The van der Waals surface area contributed by atoms with Gasteiger partial charge in [-0.15, -0.1) is 0 Å². The van der Waals surface area contributed by atoms with Crippen molar-refractivity contribution in [3.63, 3.8) is 0 Å². The summed E-state index contributed by atoms with van der Waals surface area (Å²) in [6, 6.07) is 3.45. The van der Waals surface area contributed by atoms with E-state index in [1.54, 1.807) is 6.07 Å². The van der Waals surface area contributed by atoms with Crippen molar-refractivity contribution in [3.8, 4) is 0 Å². The molecule has 1 amide bonds. The van der Waals surface area contributed by atoms with Crippen molar-refractivity contribution in [1.82, 2.24) is 15.2 Å². The number of aromatic nitrogens is 1. The largest absolute Gasteiger partial charge is 0.384 e. The molecule has 1 aromatic heterocycles. The summed E-state index contributed by atoms with van der Waals surface area (Å²) in [7, 11) is 0. The summed E-state index contributed by atoms with van der Waals surface area (Å²) in [4.78, 5) is 18.7. The van der Waals surface area contributed by atoms with E-state index in [1.165, 1.54) is 0 Å². The number of carbonyl (C=O) groups excluding carboxylic acids is 1. The average molecular weight is 292 g/mol. The summed E-state index contributed by atoms with van der Waals surface area (Å²) < 4.78 is 5.30. The number of rotatable bonds is 6. The zero-order valence-electron chi connectivity index (χ0n) is 12.6. The molecular formula is C15H24N4O2. The lowest BCUT2D eigenvalue weighted by Gasteiger charge is -2.26. The molecule has 1 fully saturated rings. The Labute approximate surface area is 125 Å². The number of carbonyl (C=O) groups is 1. The van der Waals surface area contributed by atoms with Crippen molar-refractivity contribution >= 4 is 11.7 Å². The van der Waals surface area contributed by atoms with Gasteiger partial charge >= 0.3 is 0 Å². The molecule has 3 N–H and O–H groups in total. The number of anilines is 1. The summed E-state index contributed by atoms with van der Waals surface area (Å²) >= 11 is 0. The van der Waals surface area contributed by atoms with Crippen LogP contribution in [0.1, 0.15) is 29.4 Å². The van der Waals surface area contributed by atoms with Gasteiger partial charge in [0, 0.05) is 37.4 Å². The molecule has 0 saturated carbocycles. The smallest absolute Gasteiger partial charge is 0.251 e. The minimum atomic E-state index is -0.0882. The molecule has 6 heteroatoms. The highest BCUT2D eigenvalue weighted by Gasteiger charge is 2.12. The Balaban J connectivity index is 1.84. The second-order valence-electron chi connectivity index (χ2n) is 5.23. The number of amides is 1. The summed E-state index contributed by atoms with van der Waals surface area (Å²) in [5.74, 6) is 0.314. The molecule has 0 aromatic carbocycles. The Hall–Kier alpha value is -1.66. The molecule has 116 valence electrons. The van der Waals surface area contributed by atoms with E-state index in [4.69, 9.17) is 10.5 Å². The number of nitrogens with one attached hydrogen (secondary N) is 1. The minimum absolute atomic E-state index is 0.0882. The maximum absolute atomic E-state index is 12.2. The fourth-order valence-electron chi connectivity index (χ4n) is 2.38. The number of nitrogen functional groups attached to an aromatic ring is 1. The van der Waals surface area contributed by atoms with Gasteiger partial charge in [0.2, 0.25) is 0 Å². The molecule has 1 saturated heterocycles. The van der Waals surface area contributed by atoms with Gasteiger partial charge in [-0.2, -0.15) is 0 Å². The first-order valence-electron chi connectivity index (χ1n) is 7.53. The second-order valence-corrected chi connectivity index (χ2v) is 5.23. The van der Waals surface area contributed by atoms with Gasteiger partial charge in [0.1, 0.15) is 5.82 Å². The quantitative estimate of drug-likeness (QED) is 0.806. The molecule has 0 radical (unpaired) electrons. The van der Waals surface area contributed by atoms with Gasteiger partial charge in [0.05, 0.1) is 13.2 Å². The number of nitrogens with zero attached hydrogens (tertiary/aromatic N) is 2. The molecule has 1 aromatic rings. The van der Waals surface area contributed by atoms with Crippen molar-refractivity contribution in [2.45, 2.75) is 19.8 Å². The van der Waals surface area contributed by atoms with Gasteiger partial charge in [-0.05, 0) is 18.6 Å². The van der Waals surface area contributed by atoms with E-state index >= 15 is 0 Å². The van der Waals surface area contributed by atoms with E-state index in [-0.39, 0.29) is 5.91 Å². The van der Waals surface area contributed by atoms with Gasteiger partial charge < -0.3 is 15.8 Å².